The van der Waals surface area contributed by atoms with Gasteiger partial charge in [-0.1, -0.05) is 10.6 Å². The molecular formula is C14H11N3O2S2. The van der Waals surface area contributed by atoms with Gasteiger partial charge in [-0.05, 0) is 47.2 Å². The van der Waals surface area contributed by atoms with Gasteiger partial charge in [-0.15, -0.1) is 16.4 Å². The van der Waals surface area contributed by atoms with Crippen molar-refractivity contribution in [2.45, 2.75) is 0 Å². The lowest BCUT2D eigenvalue weighted by Gasteiger charge is -2.05. The van der Waals surface area contributed by atoms with Crippen molar-refractivity contribution >= 4 is 34.5 Å². The molecule has 0 aliphatic carbocycles. The van der Waals surface area contributed by atoms with E-state index in [1.807, 2.05) is 17.5 Å². The van der Waals surface area contributed by atoms with Crippen LogP contribution < -0.4 is 10.1 Å². The van der Waals surface area contributed by atoms with Gasteiger partial charge in [0.05, 0.1) is 12.0 Å². The average Bonchev–Trinajstić information content (AvgIpc) is 3.18. The van der Waals surface area contributed by atoms with Gasteiger partial charge in [0.1, 0.15) is 16.3 Å². The molecule has 2 heterocycles. The highest BCUT2D eigenvalue weighted by Gasteiger charge is 2.18. The van der Waals surface area contributed by atoms with Crippen molar-refractivity contribution in [3.05, 3.63) is 46.7 Å². The van der Waals surface area contributed by atoms with Gasteiger partial charge in [-0.25, -0.2) is 0 Å². The van der Waals surface area contributed by atoms with Crippen molar-refractivity contribution < 1.29 is 9.53 Å². The summed E-state index contributed by atoms with van der Waals surface area (Å²) in [6, 6.07) is 11.0. The Morgan fingerprint density at radius 1 is 1.24 bits per heavy atom. The van der Waals surface area contributed by atoms with Crippen LogP contribution in [0.5, 0.6) is 5.75 Å². The summed E-state index contributed by atoms with van der Waals surface area (Å²) in [5, 5.41) is 8.83. The first-order chi connectivity index (χ1) is 10.3. The largest absolute Gasteiger partial charge is 0.497 e. The normalized spacial score (nSPS) is 10.3. The van der Waals surface area contributed by atoms with Crippen LogP contribution in [0.15, 0.2) is 41.8 Å². The number of hydrogen-bond donors (Lipinski definition) is 1. The highest BCUT2D eigenvalue weighted by Crippen LogP contribution is 2.28. The monoisotopic (exact) mass is 317 g/mol. The van der Waals surface area contributed by atoms with E-state index in [-0.39, 0.29) is 5.91 Å². The Bertz CT molecular complexity index is 736. The summed E-state index contributed by atoms with van der Waals surface area (Å²) in [5.74, 6) is 0.533. The van der Waals surface area contributed by atoms with Crippen molar-refractivity contribution in [2.24, 2.45) is 0 Å². The first kappa shape index (κ1) is 13.7. The molecule has 0 bridgehead atoms. The zero-order chi connectivity index (χ0) is 14.7. The molecule has 1 aromatic carbocycles. The maximum Gasteiger partial charge on any atom is 0.269 e. The van der Waals surface area contributed by atoms with Crippen molar-refractivity contribution in [1.29, 1.82) is 0 Å². The van der Waals surface area contributed by atoms with Crippen LogP contribution in [-0.2, 0) is 0 Å². The number of methoxy groups -OCH3 is 1. The van der Waals surface area contributed by atoms with E-state index in [0.717, 1.165) is 22.2 Å². The molecule has 0 aliphatic heterocycles. The molecule has 0 aliphatic rings. The molecule has 0 fully saturated rings. The number of anilines is 1. The summed E-state index contributed by atoms with van der Waals surface area (Å²) in [4.78, 5) is 13.8. The highest BCUT2D eigenvalue weighted by molar-refractivity contribution is 7.14. The van der Waals surface area contributed by atoms with Gasteiger partial charge in [-0.2, -0.15) is 0 Å². The second-order valence-corrected chi connectivity index (χ2v) is 5.81. The zero-order valence-corrected chi connectivity index (χ0v) is 12.7. The van der Waals surface area contributed by atoms with Crippen molar-refractivity contribution in [3.8, 4) is 16.3 Å². The fraction of sp³-hybridized carbons (Fsp3) is 0.0714. The molecule has 0 radical (unpaired) electrons. The van der Waals surface area contributed by atoms with Crippen LogP contribution in [0.4, 0.5) is 5.69 Å². The lowest BCUT2D eigenvalue weighted by molar-refractivity contribution is 0.103. The molecule has 2 aromatic heterocycles. The first-order valence-electron chi connectivity index (χ1n) is 6.09. The number of amides is 1. The topological polar surface area (TPSA) is 64.1 Å². The van der Waals surface area contributed by atoms with Gasteiger partial charge < -0.3 is 10.1 Å². The smallest absolute Gasteiger partial charge is 0.269 e. The number of carbonyl (C=O) groups is 1. The standard InChI is InChI=1S/C14H11N3O2S2/c1-19-10-6-4-9(5-7-10)15-14(18)13-12(16-17-21-13)11-3-2-8-20-11/h2-8H,1H3,(H,15,18). The van der Waals surface area contributed by atoms with E-state index in [9.17, 15) is 4.79 Å². The van der Waals surface area contributed by atoms with Gasteiger partial charge in [0, 0.05) is 5.69 Å². The predicted molar refractivity (Wildman–Crippen MR) is 84.2 cm³/mol. The third kappa shape index (κ3) is 2.93. The molecule has 0 atom stereocenters. The van der Waals surface area contributed by atoms with E-state index in [0.29, 0.717) is 16.3 Å². The number of aromatic nitrogens is 2. The van der Waals surface area contributed by atoms with Crippen molar-refractivity contribution in [2.75, 3.05) is 12.4 Å². The van der Waals surface area contributed by atoms with Crippen LogP contribution in [-0.4, -0.2) is 22.6 Å². The minimum absolute atomic E-state index is 0.210. The summed E-state index contributed by atoms with van der Waals surface area (Å²) in [6.07, 6.45) is 0. The fourth-order valence-electron chi connectivity index (χ4n) is 1.78. The molecule has 0 saturated carbocycles. The van der Waals surface area contributed by atoms with Gasteiger partial charge >= 0.3 is 0 Å². The zero-order valence-electron chi connectivity index (χ0n) is 11.1. The summed E-state index contributed by atoms with van der Waals surface area (Å²) in [5.41, 5.74) is 1.33. The Morgan fingerprint density at radius 2 is 2.05 bits per heavy atom. The lowest BCUT2D eigenvalue weighted by Crippen LogP contribution is -2.11. The maximum atomic E-state index is 12.3. The van der Waals surface area contributed by atoms with Crippen molar-refractivity contribution in [1.82, 2.24) is 9.59 Å². The summed E-state index contributed by atoms with van der Waals surface area (Å²) >= 11 is 2.62. The van der Waals surface area contributed by atoms with Gasteiger partial charge in [0.2, 0.25) is 0 Å². The Hall–Kier alpha value is -2.25. The fourth-order valence-corrected chi connectivity index (χ4v) is 3.13. The molecule has 3 aromatic rings. The van der Waals surface area contributed by atoms with Gasteiger partial charge in [0.15, 0.2) is 0 Å². The number of rotatable bonds is 4. The van der Waals surface area contributed by atoms with E-state index >= 15 is 0 Å². The van der Waals surface area contributed by atoms with Crippen LogP contribution in [0.1, 0.15) is 9.67 Å². The summed E-state index contributed by atoms with van der Waals surface area (Å²) < 4.78 is 8.97. The number of carbonyl (C=O) groups excluding carboxylic acids is 1. The van der Waals surface area contributed by atoms with Crippen LogP contribution in [0.25, 0.3) is 10.6 Å². The Morgan fingerprint density at radius 3 is 2.71 bits per heavy atom. The Kier molecular flexibility index (Phi) is 3.94. The molecule has 1 amide bonds. The molecule has 0 spiro atoms. The van der Waals surface area contributed by atoms with Crippen LogP contribution in [0.3, 0.4) is 0 Å². The quantitative estimate of drug-likeness (QED) is 0.799. The number of ether oxygens (including phenoxy) is 1. The van der Waals surface area contributed by atoms with E-state index in [1.54, 1.807) is 31.4 Å². The van der Waals surface area contributed by atoms with E-state index < -0.39 is 0 Å². The third-order valence-corrected chi connectivity index (χ3v) is 4.40. The average molecular weight is 317 g/mol. The molecule has 0 unspecified atom stereocenters. The van der Waals surface area contributed by atoms with E-state index in [1.165, 1.54) is 11.3 Å². The highest BCUT2D eigenvalue weighted by atomic mass is 32.1. The maximum absolute atomic E-state index is 12.3. The second-order valence-electron chi connectivity index (χ2n) is 4.11. The first-order valence-corrected chi connectivity index (χ1v) is 7.75. The molecule has 5 nitrogen and oxygen atoms in total. The molecular weight excluding hydrogens is 306 g/mol. The number of benzene rings is 1. The number of hydrogen-bond acceptors (Lipinski definition) is 6. The summed E-state index contributed by atoms with van der Waals surface area (Å²) in [6.45, 7) is 0. The minimum Gasteiger partial charge on any atom is -0.497 e. The molecule has 106 valence electrons. The minimum atomic E-state index is -0.210. The molecule has 21 heavy (non-hydrogen) atoms. The van der Waals surface area contributed by atoms with Crippen LogP contribution in [0.2, 0.25) is 0 Å². The van der Waals surface area contributed by atoms with Gasteiger partial charge in [-0.3, -0.25) is 4.79 Å². The van der Waals surface area contributed by atoms with Crippen LogP contribution in [0, 0.1) is 0 Å². The van der Waals surface area contributed by atoms with Gasteiger partial charge in [0.25, 0.3) is 5.91 Å². The molecule has 3 rings (SSSR count). The number of nitrogens with one attached hydrogen (secondary N) is 1. The molecule has 0 saturated heterocycles. The third-order valence-electron chi connectivity index (χ3n) is 2.80. The Labute approximate surface area is 129 Å². The second kappa shape index (κ2) is 6.02. The SMILES string of the molecule is COc1ccc(NC(=O)c2snnc2-c2cccs2)cc1. The number of nitrogens with zero attached hydrogens (tertiary/aromatic N) is 2. The molecule has 7 heteroatoms. The van der Waals surface area contributed by atoms with E-state index in [2.05, 4.69) is 14.9 Å². The number of thiophene rings is 1. The Balaban J connectivity index is 1.81. The van der Waals surface area contributed by atoms with Crippen molar-refractivity contribution in [3.63, 3.8) is 0 Å². The lowest BCUT2D eigenvalue weighted by atomic mass is 10.2. The van der Waals surface area contributed by atoms with Crippen LogP contribution >= 0.6 is 22.9 Å². The van der Waals surface area contributed by atoms with E-state index in [4.69, 9.17) is 4.74 Å². The summed E-state index contributed by atoms with van der Waals surface area (Å²) in [7, 11) is 1.60. The predicted octanol–water partition coefficient (Wildman–Crippen LogP) is 3.53. The molecule has 1 N–H and O–H groups in total.